The first kappa shape index (κ1) is 19.7. The van der Waals surface area contributed by atoms with Crippen molar-refractivity contribution in [1.82, 2.24) is 9.55 Å². The predicted octanol–water partition coefficient (Wildman–Crippen LogP) is 3.96. The summed E-state index contributed by atoms with van der Waals surface area (Å²) in [6.07, 6.45) is 4.10. The number of nitrogens with one attached hydrogen (secondary N) is 1. The molecular weight excluding hydrogens is 404 g/mol. The van der Waals surface area contributed by atoms with Crippen LogP contribution in [0.4, 0.5) is 5.00 Å². The molecule has 1 aliphatic carbocycles. The Morgan fingerprint density at radius 2 is 2.14 bits per heavy atom. The highest BCUT2D eigenvalue weighted by Gasteiger charge is 2.22. The van der Waals surface area contributed by atoms with Gasteiger partial charge < -0.3 is 5.32 Å². The quantitative estimate of drug-likeness (QED) is 0.495. The predicted molar refractivity (Wildman–Crippen MR) is 117 cm³/mol. The number of hydrogen-bond acceptors (Lipinski definition) is 6. The van der Waals surface area contributed by atoms with E-state index in [1.54, 1.807) is 16.7 Å². The molecule has 2 heterocycles. The topological polar surface area (TPSA) is 87.8 Å². The summed E-state index contributed by atoms with van der Waals surface area (Å²) < 4.78 is 1.59. The van der Waals surface area contributed by atoms with Crippen molar-refractivity contribution >= 4 is 44.9 Å². The van der Waals surface area contributed by atoms with Crippen molar-refractivity contribution in [2.45, 2.75) is 44.3 Å². The van der Waals surface area contributed by atoms with Crippen molar-refractivity contribution in [3.8, 4) is 6.07 Å². The van der Waals surface area contributed by atoms with Crippen LogP contribution < -0.4 is 10.9 Å². The minimum atomic E-state index is -0.199. The van der Waals surface area contributed by atoms with Crippen molar-refractivity contribution in [3.05, 3.63) is 50.6 Å². The third-order valence-corrected chi connectivity index (χ3v) is 7.19. The molecule has 0 saturated heterocycles. The fraction of sp³-hybridized carbons (Fsp3) is 0.333. The van der Waals surface area contributed by atoms with Gasteiger partial charge in [-0.1, -0.05) is 23.9 Å². The molecular formula is C21H20N4O2S2. The van der Waals surface area contributed by atoms with Gasteiger partial charge in [-0.15, -0.1) is 11.3 Å². The molecule has 2 aromatic heterocycles. The number of aryl methyl sites for hydroxylation is 1. The summed E-state index contributed by atoms with van der Waals surface area (Å²) >= 11 is 2.75. The molecule has 8 heteroatoms. The molecule has 6 nitrogen and oxygen atoms in total. The van der Waals surface area contributed by atoms with Crippen molar-refractivity contribution in [2.24, 2.45) is 0 Å². The second-order valence-corrected chi connectivity index (χ2v) is 8.87. The summed E-state index contributed by atoms with van der Waals surface area (Å²) in [5.41, 5.74) is 2.24. The summed E-state index contributed by atoms with van der Waals surface area (Å²) in [7, 11) is 0. The van der Waals surface area contributed by atoms with Crippen molar-refractivity contribution in [1.29, 1.82) is 5.26 Å². The molecule has 0 fully saturated rings. The van der Waals surface area contributed by atoms with Gasteiger partial charge in [-0.25, -0.2) is 4.98 Å². The first-order chi connectivity index (χ1) is 14.1. The zero-order valence-corrected chi connectivity index (χ0v) is 17.7. The number of para-hydroxylation sites is 1. The highest BCUT2D eigenvalue weighted by atomic mass is 32.2. The molecule has 1 N–H and O–H groups in total. The second-order valence-electron chi connectivity index (χ2n) is 6.82. The Morgan fingerprint density at radius 1 is 1.34 bits per heavy atom. The number of aromatic nitrogens is 2. The normalized spacial score (nSPS) is 13.1. The zero-order chi connectivity index (χ0) is 20.4. The number of carbonyl (C=O) groups is 1. The van der Waals surface area contributed by atoms with E-state index < -0.39 is 0 Å². The number of benzene rings is 1. The van der Waals surface area contributed by atoms with Crippen LogP contribution in [0.3, 0.4) is 0 Å². The largest absolute Gasteiger partial charge is 0.316 e. The van der Waals surface area contributed by atoms with Gasteiger partial charge in [-0.2, -0.15) is 5.26 Å². The molecule has 0 bridgehead atoms. The highest BCUT2D eigenvalue weighted by Crippen LogP contribution is 2.37. The third kappa shape index (κ3) is 3.80. The van der Waals surface area contributed by atoms with Gasteiger partial charge >= 0.3 is 0 Å². The molecule has 0 radical (unpaired) electrons. The van der Waals surface area contributed by atoms with Crippen LogP contribution in [-0.4, -0.2) is 21.2 Å². The monoisotopic (exact) mass is 424 g/mol. The average molecular weight is 425 g/mol. The summed E-state index contributed by atoms with van der Waals surface area (Å²) in [6, 6.07) is 9.49. The van der Waals surface area contributed by atoms with Crippen LogP contribution in [0.2, 0.25) is 0 Å². The maximum atomic E-state index is 12.7. The standard InChI is InChI=1S/C21H20N4O2S2/c1-2-25-20(27)14-8-3-5-9-16(14)23-21(25)28-12-18(26)24-19-15(11-22)13-7-4-6-10-17(13)29-19/h3,5,8-9H,2,4,6-7,10,12H2,1H3,(H,24,26). The molecule has 1 aromatic carbocycles. The first-order valence-electron chi connectivity index (χ1n) is 9.59. The van der Waals surface area contributed by atoms with E-state index in [4.69, 9.17) is 0 Å². The molecule has 4 rings (SSSR count). The molecule has 1 aliphatic rings. The maximum Gasteiger partial charge on any atom is 0.262 e. The Hall–Kier alpha value is -2.63. The second kappa shape index (κ2) is 8.39. The van der Waals surface area contributed by atoms with E-state index in [1.807, 2.05) is 19.1 Å². The SMILES string of the molecule is CCn1c(SCC(=O)Nc2sc3c(c2C#N)CCCC3)nc2ccccc2c1=O. The molecule has 1 amide bonds. The van der Waals surface area contributed by atoms with E-state index in [0.717, 1.165) is 31.2 Å². The van der Waals surface area contributed by atoms with E-state index in [2.05, 4.69) is 16.4 Å². The van der Waals surface area contributed by atoms with Crippen molar-refractivity contribution < 1.29 is 4.79 Å². The van der Waals surface area contributed by atoms with E-state index in [0.29, 0.717) is 33.2 Å². The molecule has 3 aromatic rings. The summed E-state index contributed by atoms with van der Waals surface area (Å²) in [5, 5.41) is 14.2. The lowest BCUT2D eigenvalue weighted by molar-refractivity contribution is -0.113. The summed E-state index contributed by atoms with van der Waals surface area (Å²) in [4.78, 5) is 31.0. The van der Waals surface area contributed by atoms with Gasteiger partial charge in [-0.3, -0.25) is 14.2 Å². The molecule has 0 atom stereocenters. The lowest BCUT2D eigenvalue weighted by Crippen LogP contribution is -2.23. The smallest absolute Gasteiger partial charge is 0.262 e. The number of carbonyl (C=O) groups excluding carboxylic acids is 1. The fourth-order valence-electron chi connectivity index (χ4n) is 3.60. The Balaban J connectivity index is 1.53. The fourth-order valence-corrected chi connectivity index (χ4v) is 5.72. The number of rotatable bonds is 5. The average Bonchev–Trinajstić information content (AvgIpc) is 3.09. The number of hydrogen-bond donors (Lipinski definition) is 1. The highest BCUT2D eigenvalue weighted by molar-refractivity contribution is 7.99. The lowest BCUT2D eigenvalue weighted by atomic mass is 9.96. The van der Waals surface area contributed by atoms with E-state index in [-0.39, 0.29) is 17.2 Å². The van der Waals surface area contributed by atoms with Crippen LogP contribution in [0.15, 0.2) is 34.2 Å². The number of fused-ring (bicyclic) bond motifs is 2. The number of amides is 1. The Labute approximate surface area is 176 Å². The molecule has 0 unspecified atom stereocenters. The zero-order valence-electron chi connectivity index (χ0n) is 16.0. The molecule has 0 saturated carbocycles. The molecule has 0 spiro atoms. The van der Waals surface area contributed by atoms with Gasteiger partial charge in [0.1, 0.15) is 11.1 Å². The van der Waals surface area contributed by atoms with Crippen molar-refractivity contribution in [3.63, 3.8) is 0 Å². The number of thioether (sulfide) groups is 1. The van der Waals surface area contributed by atoms with Gasteiger partial charge in [-0.05, 0) is 50.3 Å². The minimum absolute atomic E-state index is 0.0984. The molecule has 0 aliphatic heterocycles. The van der Waals surface area contributed by atoms with Crippen molar-refractivity contribution in [2.75, 3.05) is 11.1 Å². The van der Waals surface area contributed by atoms with Gasteiger partial charge in [0.15, 0.2) is 5.16 Å². The van der Waals surface area contributed by atoms with Gasteiger partial charge in [0, 0.05) is 11.4 Å². The first-order valence-corrected chi connectivity index (χ1v) is 11.4. The molecule has 29 heavy (non-hydrogen) atoms. The van der Waals surface area contributed by atoms with E-state index in [9.17, 15) is 14.9 Å². The van der Waals surface area contributed by atoms with Crippen LogP contribution in [0, 0.1) is 11.3 Å². The van der Waals surface area contributed by atoms with Crippen LogP contribution in [0.1, 0.15) is 35.8 Å². The lowest BCUT2D eigenvalue weighted by Gasteiger charge is -2.11. The number of nitrogens with zero attached hydrogens (tertiary/aromatic N) is 3. The minimum Gasteiger partial charge on any atom is -0.316 e. The van der Waals surface area contributed by atoms with Crippen LogP contribution >= 0.6 is 23.1 Å². The van der Waals surface area contributed by atoms with Gasteiger partial charge in [0.2, 0.25) is 5.91 Å². The Morgan fingerprint density at radius 3 is 2.93 bits per heavy atom. The maximum absolute atomic E-state index is 12.7. The van der Waals surface area contributed by atoms with Crippen LogP contribution in [0.5, 0.6) is 0 Å². The number of thiophene rings is 1. The number of anilines is 1. The van der Waals surface area contributed by atoms with Crippen LogP contribution in [0.25, 0.3) is 10.9 Å². The summed E-state index contributed by atoms with van der Waals surface area (Å²) in [5.74, 6) is -0.0757. The molecule has 148 valence electrons. The van der Waals surface area contributed by atoms with E-state index >= 15 is 0 Å². The third-order valence-electron chi connectivity index (χ3n) is 5.01. The van der Waals surface area contributed by atoms with Crippen LogP contribution in [-0.2, 0) is 24.2 Å². The number of nitriles is 1. The Kier molecular flexibility index (Phi) is 5.69. The van der Waals surface area contributed by atoms with E-state index in [1.165, 1.54) is 28.0 Å². The Bertz CT molecular complexity index is 1190. The van der Waals surface area contributed by atoms with Gasteiger partial charge in [0.25, 0.3) is 5.56 Å². The summed E-state index contributed by atoms with van der Waals surface area (Å²) in [6.45, 7) is 2.37. The van der Waals surface area contributed by atoms with Gasteiger partial charge in [0.05, 0.1) is 22.2 Å².